The maximum Gasteiger partial charge on any atom is 0.136 e. The Labute approximate surface area is 236 Å². The highest BCUT2D eigenvalue weighted by Crippen LogP contribution is 2.35. The van der Waals surface area contributed by atoms with Crippen LogP contribution in [0.25, 0.3) is 60.9 Å². The first-order chi connectivity index (χ1) is 20.2. The van der Waals surface area contributed by atoms with Crippen LogP contribution in [0.1, 0.15) is 11.1 Å². The molecule has 0 amide bonds. The molecule has 1 N–H and O–H groups in total. The largest absolute Gasteiger partial charge is 0.456 e. The number of nitriles is 2. The molecular formula is C36H22N4O. The van der Waals surface area contributed by atoms with Crippen molar-refractivity contribution in [2.45, 2.75) is 0 Å². The Morgan fingerprint density at radius 2 is 1.17 bits per heavy atom. The molecule has 0 radical (unpaired) electrons. The molecule has 41 heavy (non-hydrogen) atoms. The summed E-state index contributed by atoms with van der Waals surface area (Å²) in [6, 6.07) is 35.5. The number of furan rings is 1. The van der Waals surface area contributed by atoms with Gasteiger partial charge >= 0.3 is 0 Å². The van der Waals surface area contributed by atoms with E-state index in [4.69, 9.17) is 4.42 Å². The van der Waals surface area contributed by atoms with Crippen LogP contribution in [0.4, 0.5) is 0 Å². The van der Waals surface area contributed by atoms with E-state index in [0.717, 1.165) is 72.0 Å². The standard InChI is InChI=1S/C36H22N4O/c37-17-23-13-31(21-39-19-23)27-5-1-25(2-6-27)29-9-11-33-34-12-10-30(16-36(34)41-35(33)15-29)26-3-7-28(8-4-26)32-14-24(18-38)20-40-22-32/h1-16,19,21-22,40H,20H2. The minimum atomic E-state index is 0.546. The van der Waals surface area contributed by atoms with Crippen molar-refractivity contribution in [1.82, 2.24) is 10.3 Å². The molecule has 5 nitrogen and oxygen atoms in total. The third kappa shape index (κ3) is 4.52. The van der Waals surface area contributed by atoms with Crippen LogP contribution in [-0.4, -0.2) is 11.5 Å². The summed E-state index contributed by atoms with van der Waals surface area (Å²) < 4.78 is 6.34. The molecule has 2 aromatic heterocycles. The first kappa shape index (κ1) is 24.2. The summed E-state index contributed by atoms with van der Waals surface area (Å²) in [5.41, 5.74) is 11.3. The van der Waals surface area contributed by atoms with Crippen LogP contribution < -0.4 is 5.32 Å². The summed E-state index contributed by atoms with van der Waals surface area (Å²) in [7, 11) is 0. The molecule has 0 aliphatic carbocycles. The van der Waals surface area contributed by atoms with Crippen LogP contribution in [-0.2, 0) is 0 Å². The third-order valence-corrected chi connectivity index (χ3v) is 7.47. The summed E-state index contributed by atoms with van der Waals surface area (Å²) >= 11 is 0. The second-order valence-corrected chi connectivity index (χ2v) is 10.0. The molecule has 7 rings (SSSR count). The van der Waals surface area contributed by atoms with Crippen molar-refractivity contribution in [3.05, 3.63) is 132 Å². The van der Waals surface area contributed by atoms with Gasteiger partial charge in [-0.3, -0.25) is 4.98 Å². The van der Waals surface area contributed by atoms with Crippen molar-refractivity contribution in [2.75, 3.05) is 6.54 Å². The Balaban J connectivity index is 1.17. The molecule has 0 unspecified atom stereocenters. The number of fused-ring (bicyclic) bond motifs is 3. The van der Waals surface area contributed by atoms with Crippen LogP contribution in [0.5, 0.6) is 0 Å². The van der Waals surface area contributed by atoms with E-state index in [1.165, 1.54) is 0 Å². The monoisotopic (exact) mass is 526 g/mol. The SMILES string of the molecule is N#CC1=CC(c2ccc(-c3ccc4c(c3)oc3cc(-c5ccc(-c6cncc(C#N)c6)cc5)ccc34)cc2)=CNC1. The Bertz CT molecular complexity index is 2100. The van der Waals surface area contributed by atoms with Gasteiger partial charge < -0.3 is 9.73 Å². The van der Waals surface area contributed by atoms with Crippen molar-refractivity contribution in [3.8, 4) is 45.5 Å². The lowest BCUT2D eigenvalue weighted by molar-refractivity contribution is 0.669. The minimum absolute atomic E-state index is 0.546. The Morgan fingerprint density at radius 3 is 1.76 bits per heavy atom. The van der Waals surface area contributed by atoms with Gasteiger partial charge in [0.1, 0.15) is 17.2 Å². The van der Waals surface area contributed by atoms with E-state index in [9.17, 15) is 10.5 Å². The normalized spacial score (nSPS) is 12.7. The van der Waals surface area contributed by atoms with Gasteiger partial charge in [0.05, 0.1) is 11.6 Å². The van der Waals surface area contributed by atoms with Crippen LogP contribution in [0.15, 0.2) is 126 Å². The third-order valence-electron chi connectivity index (χ3n) is 7.47. The number of dihydropyridines is 1. The maximum atomic E-state index is 9.22. The van der Waals surface area contributed by atoms with E-state index in [0.29, 0.717) is 12.1 Å². The molecule has 0 saturated heterocycles. The number of rotatable bonds is 4. The first-order valence-corrected chi connectivity index (χ1v) is 13.3. The van der Waals surface area contributed by atoms with E-state index in [2.05, 4.69) is 95.2 Å². The number of pyridine rings is 1. The summed E-state index contributed by atoms with van der Waals surface area (Å²) in [5.74, 6) is 0. The topological polar surface area (TPSA) is 85.6 Å². The van der Waals surface area contributed by atoms with Gasteiger partial charge in [0.25, 0.3) is 0 Å². The molecule has 0 spiro atoms. The average molecular weight is 527 g/mol. The molecule has 0 bridgehead atoms. The van der Waals surface area contributed by atoms with Gasteiger partial charge in [0.15, 0.2) is 0 Å². The lowest BCUT2D eigenvalue weighted by Crippen LogP contribution is -2.13. The first-order valence-electron chi connectivity index (χ1n) is 13.3. The fourth-order valence-electron chi connectivity index (χ4n) is 5.30. The quantitative estimate of drug-likeness (QED) is 0.250. The maximum absolute atomic E-state index is 9.22. The molecule has 1 aliphatic heterocycles. The van der Waals surface area contributed by atoms with Gasteiger partial charge in [0, 0.05) is 47.0 Å². The van der Waals surface area contributed by atoms with Crippen molar-refractivity contribution in [1.29, 1.82) is 10.5 Å². The molecule has 6 aromatic rings. The number of allylic oxidation sites excluding steroid dienone is 2. The van der Waals surface area contributed by atoms with E-state index in [1.54, 1.807) is 12.4 Å². The predicted molar refractivity (Wildman–Crippen MR) is 162 cm³/mol. The average Bonchev–Trinajstić information content (AvgIpc) is 3.42. The highest BCUT2D eigenvalue weighted by atomic mass is 16.3. The van der Waals surface area contributed by atoms with Crippen LogP contribution in [0.2, 0.25) is 0 Å². The van der Waals surface area contributed by atoms with Gasteiger partial charge in [0.2, 0.25) is 0 Å². The highest BCUT2D eigenvalue weighted by molar-refractivity contribution is 6.07. The summed E-state index contributed by atoms with van der Waals surface area (Å²) in [4.78, 5) is 4.17. The number of hydrogen-bond donors (Lipinski definition) is 1. The molecule has 0 atom stereocenters. The van der Waals surface area contributed by atoms with E-state index < -0.39 is 0 Å². The Hall–Kier alpha value is -5.91. The zero-order valence-corrected chi connectivity index (χ0v) is 21.9. The minimum Gasteiger partial charge on any atom is -0.456 e. The molecule has 192 valence electrons. The molecule has 3 heterocycles. The summed E-state index contributed by atoms with van der Waals surface area (Å²) in [5, 5.41) is 23.7. The zero-order chi connectivity index (χ0) is 27.8. The zero-order valence-electron chi connectivity index (χ0n) is 21.9. The van der Waals surface area contributed by atoms with Gasteiger partial charge in [-0.25, -0.2) is 0 Å². The molecule has 5 heteroatoms. The van der Waals surface area contributed by atoms with Crippen LogP contribution in [0, 0.1) is 22.7 Å². The highest BCUT2D eigenvalue weighted by Gasteiger charge is 2.12. The van der Waals surface area contributed by atoms with E-state index in [-0.39, 0.29) is 0 Å². The summed E-state index contributed by atoms with van der Waals surface area (Å²) in [6.45, 7) is 0.570. The van der Waals surface area contributed by atoms with E-state index >= 15 is 0 Å². The van der Waals surface area contributed by atoms with Crippen molar-refractivity contribution < 1.29 is 4.42 Å². The fraction of sp³-hybridized carbons (Fsp3) is 0.0278. The molecule has 4 aromatic carbocycles. The van der Waals surface area contributed by atoms with Crippen molar-refractivity contribution >= 4 is 27.5 Å². The molecular weight excluding hydrogens is 504 g/mol. The van der Waals surface area contributed by atoms with Crippen molar-refractivity contribution in [2.24, 2.45) is 0 Å². The molecule has 0 fully saturated rings. The Kier molecular flexibility index (Phi) is 5.89. The second-order valence-electron chi connectivity index (χ2n) is 10.0. The number of aromatic nitrogens is 1. The van der Waals surface area contributed by atoms with Gasteiger partial charge in [-0.15, -0.1) is 0 Å². The van der Waals surface area contributed by atoms with Gasteiger partial charge in [-0.1, -0.05) is 60.7 Å². The summed E-state index contributed by atoms with van der Waals surface area (Å²) in [6.07, 6.45) is 7.22. The molecule has 1 aliphatic rings. The van der Waals surface area contributed by atoms with Gasteiger partial charge in [-0.05, 0) is 75.4 Å². The lowest BCUT2D eigenvalue weighted by atomic mass is 9.97. The number of hydrogen-bond acceptors (Lipinski definition) is 5. The van der Waals surface area contributed by atoms with Crippen LogP contribution >= 0.6 is 0 Å². The van der Waals surface area contributed by atoms with Crippen molar-refractivity contribution in [3.63, 3.8) is 0 Å². The second kappa shape index (κ2) is 10.0. The molecule has 0 saturated carbocycles. The number of benzene rings is 4. The number of nitrogens with zero attached hydrogens (tertiary/aromatic N) is 3. The Morgan fingerprint density at radius 1 is 0.610 bits per heavy atom. The van der Waals surface area contributed by atoms with E-state index in [1.807, 2.05) is 30.5 Å². The fourth-order valence-corrected chi connectivity index (χ4v) is 5.30. The number of nitrogens with one attached hydrogen (secondary N) is 1. The van der Waals surface area contributed by atoms with Crippen LogP contribution in [0.3, 0.4) is 0 Å². The smallest absolute Gasteiger partial charge is 0.136 e. The van der Waals surface area contributed by atoms with Gasteiger partial charge in [-0.2, -0.15) is 10.5 Å². The lowest BCUT2D eigenvalue weighted by Gasteiger charge is -2.12. The predicted octanol–water partition coefficient (Wildman–Crippen LogP) is 8.25.